The maximum Gasteiger partial charge on any atom is 0.430 e. The molecule has 1 fully saturated rings. The van der Waals surface area contributed by atoms with E-state index in [2.05, 4.69) is 0 Å². The Morgan fingerprint density at radius 2 is 1.88 bits per heavy atom. The van der Waals surface area contributed by atoms with Crippen LogP contribution in [0.15, 0.2) is 30.3 Å². The topological polar surface area (TPSA) is 183 Å². The molecule has 0 saturated carbocycles. The number of nitrogens with two attached hydrogens (primary N) is 1. The number of phenols is 2. The molecule has 2 aliphatic heterocycles. The summed E-state index contributed by atoms with van der Waals surface area (Å²) in [6, 6.07) is 5.91. The van der Waals surface area contributed by atoms with E-state index in [1.165, 1.54) is 29.2 Å². The van der Waals surface area contributed by atoms with Crippen LogP contribution < -0.4 is 15.1 Å². The van der Waals surface area contributed by atoms with Crippen LogP contribution in [0.2, 0.25) is 6.32 Å². The molecule has 0 spiro atoms. The zero-order chi connectivity index (χ0) is 23.2. The number of aromatic carboxylic acids is 1. The Hall–Kier alpha value is -3.48. The number of benzene rings is 2. The van der Waals surface area contributed by atoms with E-state index in [0.717, 1.165) is 0 Å². The molecule has 1 amide bonds. The van der Waals surface area contributed by atoms with E-state index in [-0.39, 0.29) is 54.4 Å². The molecular weight excluding hydrogens is 423 g/mol. The van der Waals surface area contributed by atoms with Crippen molar-refractivity contribution < 1.29 is 44.3 Å². The van der Waals surface area contributed by atoms with Crippen molar-refractivity contribution in [1.82, 2.24) is 4.90 Å². The molecule has 2 aliphatic rings. The number of carboxylic acid groups (broad SMARTS) is 1. The van der Waals surface area contributed by atoms with Gasteiger partial charge in [0.25, 0.3) is 0 Å². The van der Waals surface area contributed by atoms with E-state index in [4.69, 9.17) is 15.1 Å². The van der Waals surface area contributed by atoms with Crippen molar-refractivity contribution in [3.05, 3.63) is 47.0 Å². The number of nitrogens with zero attached hydrogens (tertiary/aromatic N) is 1. The minimum Gasteiger partial charge on any atom is -0.669 e. The van der Waals surface area contributed by atoms with Crippen LogP contribution in [0.25, 0.3) is 0 Å². The molecule has 32 heavy (non-hydrogen) atoms. The number of carboxylic acids is 1. The molecule has 0 aromatic heterocycles. The van der Waals surface area contributed by atoms with Gasteiger partial charge in [0, 0.05) is 0 Å². The van der Waals surface area contributed by atoms with Crippen molar-refractivity contribution in [2.75, 3.05) is 13.1 Å². The molecule has 0 radical (unpaired) electrons. The number of ether oxygens (including phenoxy) is 1. The average molecular weight is 445 g/mol. The standard InChI is InChI=1S/C20H22BN2O9/c22-17(11-1-3-13(24)14(25)7-11)19(26)23-8-12(9-23)31-15-4-2-10-5-6-21(29,30)32-18(10)16(15)20(27)28/h1-4,7,12,17,24-25,29-30H,5-6,8-9,22H2,(H,27,28)/q-1. The molecule has 4 rings (SSSR count). The van der Waals surface area contributed by atoms with Gasteiger partial charge < -0.3 is 45.4 Å². The highest BCUT2D eigenvalue weighted by atomic mass is 16.6. The van der Waals surface area contributed by atoms with Crippen molar-refractivity contribution in [1.29, 1.82) is 0 Å². The first kappa shape index (κ1) is 21.7. The molecule has 0 bridgehead atoms. The molecule has 1 atom stereocenters. The predicted octanol–water partition coefficient (Wildman–Crippen LogP) is -0.0560. The number of carbonyl (C=O) groups excluding carboxylic acids is 1. The smallest absolute Gasteiger partial charge is 0.430 e. The highest BCUT2D eigenvalue weighted by Gasteiger charge is 2.37. The maximum absolute atomic E-state index is 12.6. The fraction of sp³-hybridized carbons (Fsp3) is 0.300. The monoisotopic (exact) mass is 445 g/mol. The maximum atomic E-state index is 12.6. The predicted molar refractivity (Wildman–Crippen MR) is 110 cm³/mol. The summed E-state index contributed by atoms with van der Waals surface area (Å²) in [5, 5.41) is 48.2. The number of amides is 1. The minimum absolute atomic E-state index is 0.00500. The molecule has 170 valence electrons. The molecule has 11 nitrogen and oxygen atoms in total. The average Bonchev–Trinajstić information content (AvgIpc) is 2.70. The van der Waals surface area contributed by atoms with Crippen LogP contribution in [0, 0.1) is 0 Å². The number of aromatic hydroxyl groups is 2. The third kappa shape index (κ3) is 4.03. The highest BCUT2D eigenvalue weighted by molar-refractivity contribution is 6.59. The molecule has 2 aromatic carbocycles. The van der Waals surface area contributed by atoms with E-state index < -0.39 is 30.8 Å². The molecule has 2 aromatic rings. The lowest BCUT2D eigenvalue weighted by Gasteiger charge is -2.41. The van der Waals surface area contributed by atoms with Gasteiger partial charge in [-0.05, 0) is 35.7 Å². The molecule has 12 heteroatoms. The minimum atomic E-state index is -3.14. The van der Waals surface area contributed by atoms with Crippen molar-refractivity contribution >= 4 is 18.6 Å². The number of fused-ring (bicyclic) bond motifs is 1. The van der Waals surface area contributed by atoms with E-state index in [9.17, 15) is 35.0 Å². The van der Waals surface area contributed by atoms with E-state index in [1.807, 2.05) is 0 Å². The first-order valence-corrected chi connectivity index (χ1v) is 9.97. The van der Waals surface area contributed by atoms with Gasteiger partial charge in [0.05, 0.1) is 18.8 Å². The number of likely N-dealkylation sites (tertiary alicyclic amines) is 1. The van der Waals surface area contributed by atoms with Gasteiger partial charge >= 0.3 is 12.7 Å². The van der Waals surface area contributed by atoms with Crippen LogP contribution in [0.5, 0.6) is 23.0 Å². The van der Waals surface area contributed by atoms with Gasteiger partial charge in [0.2, 0.25) is 5.91 Å². The molecular formula is C20H22BN2O9-. The second kappa shape index (κ2) is 7.90. The van der Waals surface area contributed by atoms with Crippen LogP contribution in [0.4, 0.5) is 0 Å². The van der Waals surface area contributed by atoms with Gasteiger partial charge in [-0.2, -0.15) is 0 Å². The normalized spacial score (nSPS) is 18.2. The second-order valence-electron chi connectivity index (χ2n) is 7.96. The molecule has 0 aliphatic carbocycles. The van der Waals surface area contributed by atoms with Gasteiger partial charge in [0.15, 0.2) is 11.5 Å². The molecule has 7 N–H and O–H groups in total. The fourth-order valence-corrected chi connectivity index (χ4v) is 3.78. The number of phenolic OH excluding ortho intramolecular Hbond substituents is 2. The Kier molecular flexibility index (Phi) is 5.37. The zero-order valence-corrected chi connectivity index (χ0v) is 16.8. The largest absolute Gasteiger partial charge is 0.669 e. The van der Waals surface area contributed by atoms with Gasteiger partial charge in [-0.3, -0.25) is 4.79 Å². The number of rotatable bonds is 5. The summed E-state index contributed by atoms with van der Waals surface area (Å²) in [7, 11) is 0. The van der Waals surface area contributed by atoms with Gasteiger partial charge in [0.1, 0.15) is 23.5 Å². The lowest BCUT2D eigenvalue weighted by molar-refractivity contribution is -0.141. The van der Waals surface area contributed by atoms with Gasteiger partial charge in [-0.25, -0.2) is 4.79 Å². The highest BCUT2D eigenvalue weighted by Crippen LogP contribution is 2.39. The van der Waals surface area contributed by atoms with Crippen LogP contribution in [-0.2, 0) is 11.2 Å². The summed E-state index contributed by atoms with van der Waals surface area (Å²) in [4.78, 5) is 25.8. The lowest BCUT2D eigenvalue weighted by Crippen LogP contribution is -2.58. The van der Waals surface area contributed by atoms with E-state index in [1.54, 1.807) is 6.07 Å². The zero-order valence-electron chi connectivity index (χ0n) is 16.8. The van der Waals surface area contributed by atoms with Crippen molar-refractivity contribution in [3.8, 4) is 23.0 Å². The summed E-state index contributed by atoms with van der Waals surface area (Å²) < 4.78 is 10.9. The molecule has 1 unspecified atom stereocenters. The Labute approximate surface area is 182 Å². The number of carbonyl (C=O) groups is 2. The summed E-state index contributed by atoms with van der Waals surface area (Å²) in [6.45, 7) is -2.83. The Morgan fingerprint density at radius 1 is 1.16 bits per heavy atom. The summed E-state index contributed by atoms with van der Waals surface area (Å²) in [5.41, 5.74) is 6.52. The summed E-state index contributed by atoms with van der Waals surface area (Å²) >= 11 is 0. The van der Waals surface area contributed by atoms with Crippen molar-refractivity contribution in [3.63, 3.8) is 0 Å². The van der Waals surface area contributed by atoms with Crippen LogP contribution >= 0.6 is 0 Å². The fourth-order valence-electron chi connectivity index (χ4n) is 3.78. The Balaban J connectivity index is 1.44. The number of aryl methyl sites for hydroxylation is 1. The van der Waals surface area contributed by atoms with Crippen LogP contribution in [-0.4, -0.2) is 68.1 Å². The van der Waals surface area contributed by atoms with Gasteiger partial charge in [-0.1, -0.05) is 18.5 Å². The van der Waals surface area contributed by atoms with E-state index >= 15 is 0 Å². The van der Waals surface area contributed by atoms with Crippen LogP contribution in [0.1, 0.15) is 27.5 Å². The number of hydrogen-bond acceptors (Lipinski definition) is 9. The quantitative estimate of drug-likeness (QED) is 0.269. The van der Waals surface area contributed by atoms with Crippen molar-refractivity contribution in [2.45, 2.75) is 24.9 Å². The third-order valence-electron chi connectivity index (χ3n) is 5.59. The summed E-state index contributed by atoms with van der Waals surface area (Å²) in [5.74, 6) is -2.61. The molecule has 1 saturated heterocycles. The van der Waals surface area contributed by atoms with Crippen LogP contribution in [0.3, 0.4) is 0 Å². The van der Waals surface area contributed by atoms with Gasteiger partial charge in [-0.15, -0.1) is 0 Å². The van der Waals surface area contributed by atoms with E-state index in [0.29, 0.717) is 11.1 Å². The number of hydrogen-bond donors (Lipinski definition) is 6. The Bertz CT molecular complexity index is 1080. The first-order valence-electron chi connectivity index (χ1n) is 9.97. The SMILES string of the molecule is NC(C(=O)N1CC(Oc2ccc3c(c2C(=O)O)O[B-](O)(O)CC3)C1)c1ccc(O)c(O)c1. The molecule has 2 heterocycles. The lowest BCUT2D eigenvalue weighted by atomic mass is 9.70. The summed E-state index contributed by atoms with van der Waals surface area (Å²) in [6.07, 6.45) is -0.290. The van der Waals surface area contributed by atoms with Crippen molar-refractivity contribution in [2.24, 2.45) is 5.73 Å². The first-order chi connectivity index (χ1) is 15.1. The Morgan fingerprint density at radius 3 is 2.53 bits per heavy atom. The second-order valence-corrected chi connectivity index (χ2v) is 7.96. The third-order valence-corrected chi connectivity index (χ3v) is 5.59.